The van der Waals surface area contributed by atoms with Gasteiger partial charge in [0.05, 0.1) is 28.1 Å². The highest BCUT2D eigenvalue weighted by atomic mass is 16.5. The molecule has 0 radical (unpaired) electrons. The van der Waals surface area contributed by atoms with E-state index in [1.807, 2.05) is 36.5 Å². The number of rotatable bonds is 3. The van der Waals surface area contributed by atoms with Crippen LogP contribution >= 0.6 is 0 Å². The largest absolute Gasteiger partial charge is 0.504 e. The van der Waals surface area contributed by atoms with Crippen molar-refractivity contribution in [2.45, 2.75) is 73.8 Å². The summed E-state index contributed by atoms with van der Waals surface area (Å²) < 4.78 is 6.56. The summed E-state index contributed by atoms with van der Waals surface area (Å²) in [6, 6.07) is 11.8. The first-order chi connectivity index (χ1) is 17.0. The van der Waals surface area contributed by atoms with Crippen molar-refractivity contribution in [2.75, 3.05) is 6.54 Å². The van der Waals surface area contributed by atoms with Crippen molar-refractivity contribution in [3.05, 3.63) is 59.3 Å². The third-order valence-electron chi connectivity index (χ3n) is 9.67. The zero-order chi connectivity index (χ0) is 23.5. The number of likely N-dealkylation sites (tertiary alicyclic amines) is 1. The minimum Gasteiger partial charge on any atom is -0.504 e. The second-order valence-electron chi connectivity index (χ2n) is 11.2. The van der Waals surface area contributed by atoms with Crippen molar-refractivity contribution >= 4 is 16.8 Å². The van der Waals surface area contributed by atoms with E-state index in [1.54, 1.807) is 6.07 Å². The van der Waals surface area contributed by atoms with Crippen molar-refractivity contribution in [2.24, 2.45) is 0 Å². The zero-order valence-electron chi connectivity index (χ0n) is 19.5. The van der Waals surface area contributed by atoms with Crippen LogP contribution in [0.2, 0.25) is 0 Å². The number of nitrogens with one attached hydrogen (secondary N) is 2. The normalized spacial score (nSPS) is 34.9. The van der Waals surface area contributed by atoms with E-state index in [0.717, 1.165) is 35.9 Å². The molecule has 7 heteroatoms. The smallest absolute Gasteiger partial charge is 0.253 e. The first-order valence-electron chi connectivity index (χ1n) is 12.9. The van der Waals surface area contributed by atoms with E-state index in [-0.39, 0.29) is 23.7 Å². The summed E-state index contributed by atoms with van der Waals surface area (Å²) in [5.74, 6) is 0.493. The standard InChI is InChI=1S/C28H29N3O4/c32-20-7-4-16-14-21-28(34)10-8-19(30-26(33)18-3-1-2-15-9-12-29-23(15)18)25-27(28,22(16)24(20)35-25)11-13-31(21)17-5-6-17/h1-4,7,9,12,17,19,21,25,29,32,34H,5-6,8,10-11,13-14H2,(H,30,33)/t19-,21-,25?,27+,28-/m1/s1. The molecule has 3 fully saturated rings. The average molecular weight is 472 g/mol. The topological polar surface area (TPSA) is 97.8 Å². The quantitative estimate of drug-likeness (QED) is 0.471. The highest BCUT2D eigenvalue weighted by molar-refractivity contribution is 6.05. The number of carbonyl (C=O) groups excluding carboxylic acids is 1. The van der Waals surface area contributed by atoms with E-state index in [9.17, 15) is 15.0 Å². The Morgan fingerprint density at radius 2 is 2.03 bits per heavy atom. The lowest BCUT2D eigenvalue weighted by Crippen LogP contribution is -2.78. The maximum atomic E-state index is 13.5. The van der Waals surface area contributed by atoms with Gasteiger partial charge in [0.25, 0.3) is 5.91 Å². The van der Waals surface area contributed by atoms with E-state index in [2.05, 4.69) is 15.2 Å². The van der Waals surface area contributed by atoms with Crippen molar-refractivity contribution in [1.29, 1.82) is 0 Å². The van der Waals surface area contributed by atoms with Gasteiger partial charge in [-0.3, -0.25) is 9.69 Å². The summed E-state index contributed by atoms with van der Waals surface area (Å²) in [5.41, 5.74) is 2.02. The van der Waals surface area contributed by atoms with Gasteiger partial charge in [-0.1, -0.05) is 18.2 Å². The van der Waals surface area contributed by atoms with Gasteiger partial charge in [0.15, 0.2) is 11.5 Å². The number of nitrogens with zero attached hydrogens (tertiary/aromatic N) is 1. The second-order valence-corrected chi connectivity index (χ2v) is 11.2. The van der Waals surface area contributed by atoms with E-state index in [4.69, 9.17) is 4.74 Å². The molecule has 4 N–H and O–H groups in total. The highest BCUT2D eigenvalue weighted by Gasteiger charge is 2.73. The molecule has 1 unspecified atom stereocenters. The zero-order valence-corrected chi connectivity index (χ0v) is 19.5. The number of hydrogen-bond donors (Lipinski definition) is 4. The fourth-order valence-electron chi connectivity index (χ4n) is 8.09. The Morgan fingerprint density at radius 1 is 1.14 bits per heavy atom. The van der Waals surface area contributed by atoms with Crippen molar-refractivity contribution in [1.82, 2.24) is 15.2 Å². The Hall–Kier alpha value is -3.03. The lowest BCUT2D eigenvalue weighted by Gasteiger charge is -2.64. The summed E-state index contributed by atoms with van der Waals surface area (Å²) in [6.45, 7) is 0.911. The number of fused-ring (bicyclic) bond motifs is 1. The van der Waals surface area contributed by atoms with Crippen LogP contribution in [-0.2, 0) is 11.8 Å². The fourth-order valence-corrected chi connectivity index (χ4v) is 8.09. The van der Waals surface area contributed by atoms with Gasteiger partial charge in [-0.2, -0.15) is 0 Å². The highest BCUT2D eigenvalue weighted by Crippen LogP contribution is 2.66. The van der Waals surface area contributed by atoms with Crippen LogP contribution in [-0.4, -0.2) is 62.4 Å². The molecule has 3 aliphatic carbocycles. The molecule has 7 nitrogen and oxygen atoms in total. The van der Waals surface area contributed by atoms with Gasteiger partial charge in [-0.15, -0.1) is 0 Å². The summed E-state index contributed by atoms with van der Waals surface area (Å²) >= 11 is 0. The molecule has 5 atom stereocenters. The minimum absolute atomic E-state index is 0.0437. The number of phenols is 1. The van der Waals surface area contributed by atoms with Crippen LogP contribution in [0, 0.1) is 0 Å². The number of carbonyl (C=O) groups is 1. The number of aromatic nitrogens is 1. The molecule has 3 heterocycles. The number of H-pyrrole nitrogens is 1. The predicted molar refractivity (Wildman–Crippen MR) is 130 cm³/mol. The molecule has 5 aliphatic rings. The molecule has 1 amide bonds. The van der Waals surface area contributed by atoms with Gasteiger partial charge >= 0.3 is 0 Å². The first kappa shape index (κ1) is 20.2. The third kappa shape index (κ3) is 2.40. The predicted octanol–water partition coefficient (Wildman–Crippen LogP) is 2.99. The number of para-hydroxylation sites is 1. The lowest BCUT2D eigenvalue weighted by atomic mass is 9.48. The lowest BCUT2D eigenvalue weighted by molar-refractivity contribution is -0.192. The molecule has 2 aromatic carbocycles. The Bertz CT molecular complexity index is 1400. The van der Waals surface area contributed by atoms with Crippen LogP contribution < -0.4 is 10.1 Å². The molecule has 2 saturated carbocycles. The number of aliphatic hydroxyl groups is 1. The summed E-state index contributed by atoms with van der Waals surface area (Å²) in [5, 5.41) is 27.6. The molecule has 1 saturated heterocycles. The van der Waals surface area contributed by atoms with Crippen molar-refractivity contribution in [3.63, 3.8) is 0 Å². The third-order valence-corrected chi connectivity index (χ3v) is 9.67. The van der Waals surface area contributed by atoms with Gasteiger partial charge in [0, 0.05) is 29.2 Å². The van der Waals surface area contributed by atoms with Gasteiger partial charge in [-0.25, -0.2) is 0 Å². The monoisotopic (exact) mass is 471 g/mol. The van der Waals surface area contributed by atoms with E-state index in [1.165, 1.54) is 18.4 Å². The molecule has 1 spiro atoms. The SMILES string of the molecule is O=C(N[C@@H]1CC[C@@]2(O)[C@H]3Cc4ccc(O)c5c4[C@@]2(CCN3C2CC2)C1O5)c1cccc2cc[nH]c12. The Morgan fingerprint density at radius 3 is 2.89 bits per heavy atom. The summed E-state index contributed by atoms with van der Waals surface area (Å²) in [4.78, 5) is 19.2. The molecular weight excluding hydrogens is 442 g/mol. The number of ether oxygens (including phenoxy) is 1. The van der Waals surface area contributed by atoms with Crippen LogP contribution in [0.3, 0.4) is 0 Å². The molecule has 180 valence electrons. The number of benzene rings is 2. The van der Waals surface area contributed by atoms with E-state index in [0.29, 0.717) is 30.2 Å². The van der Waals surface area contributed by atoms with Crippen molar-refractivity contribution < 1.29 is 19.7 Å². The van der Waals surface area contributed by atoms with Gasteiger partial charge in [0.1, 0.15) is 6.10 Å². The number of hydrogen-bond acceptors (Lipinski definition) is 5. The fraction of sp³-hybridized carbons (Fsp3) is 0.464. The van der Waals surface area contributed by atoms with Crippen LogP contribution in [0.1, 0.15) is 53.6 Å². The second kappa shape index (κ2) is 6.59. The van der Waals surface area contributed by atoms with Crippen LogP contribution in [0.5, 0.6) is 11.5 Å². The van der Waals surface area contributed by atoms with Crippen molar-refractivity contribution in [3.8, 4) is 11.5 Å². The van der Waals surface area contributed by atoms with E-state index >= 15 is 0 Å². The molecular formula is C28H29N3O4. The summed E-state index contributed by atoms with van der Waals surface area (Å²) in [6.07, 6.45) is 6.62. The number of piperidine rings is 1. The maximum Gasteiger partial charge on any atom is 0.253 e. The molecule has 1 aromatic heterocycles. The molecule has 2 bridgehead atoms. The minimum atomic E-state index is -0.939. The summed E-state index contributed by atoms with van der Waals surface area (Å²) in [7, 11) is 0. The number of aromatic amines is 1. The van der Waals surface area contributed by atoms with Crippen LogP contribution in [0.4, 0.5) is 0 Å². The molecule has 35 heavy (non-hydrogen) atoms. The molecule has 2 aliphatic heterocycles. The van der Waals surface area contributed by atoms with Gasteiger partial charge in [-0.05, 0) is 68.8 Å². The van der Waals surface area contributed by atoms with Crippen LogP contribution in [0.15, 0.2) is 42.6 Å². The number of phenolic OH excluding ortho intramolecular Hbond substituents is 1. The van der Waals surface area contributed by atoms with Gasteiger partial charge in [0.2, 0.25) is 0 Å². The Labute approximate surface area is 203 Å². The van der Waals surface area contributed by atoms with E-state index < -0.39 is 17.1 Å². The van der Waals surface area contributed by atoms with Crippen LogP contribution in [0.25, 0.3) is 10.9 Å². The average Bonchev–Trinajstić information content (AvgIpc) is 3.45. The maximum absolute atomic E-state index is 13.5. The number of aromatic hydroxyl groups is 1. The molecule has 3 aromatic rings. The Balaban J connectivity index is 1.22. The number of amides is 1. The van der Waals surface area contributed by atoms with Gasteiger partial charge < -0.3 is 25.3 Å². The molecule has 8 rings (SSSR count). The first-order valence-corrected chi connectivity index (χ1v) is 12.9. The Kier molecular flexibility index (Phi) is 3.80.